The van der Waals surface area contributed by atoms with Crippen LogP contribution in [0, 0.1) is 3.57 Å². The Balaban J connectivity index is 2.50. The second-order valence-corrected chi connectivity index (χ2v) is 7.05. The maximum atomic E-state index is 6.21. The second kappa shape index (κ2) is 6.31. The first kappa shape index (κ1) is 14.9. The van der Waals surface area contributed by atoms with E-state index in [2.05, 4.69) is 38.5 Å². The topological polar surface area (TPSA) is 0 Å². The average molecular weight is 476 g/mol. The van der Waals surface area contributed by atoms with Gasteiger partial charge in [0.1, 0.15) is 0 Å². The molecule has 18 heavy (non-hydrogen) atoms. The van der Waals surface area contributed by atoms with Gasteiger partial charge in [0.2, 0.25) is 0 Å². The van der Waals surface area contributed by atoms with Crippen molar-refractivity contribution in [1.82, 2.24) is 0 Å². The van der Waals surface area contributed by atoms with Crippen LogP contribution in [0.25, 0.3) is 0 Å². The molecule has 0 aromatic heterocycles. The first-order valence-corrected chi connectivity index (χ1v) is 8.16. The summed E-state index contributed by atoms with van der Waals surface area (Å²) in [5.74, 6) is 0. The molecule has 2 aromatic rings. The summed E-state index contributed by atoms with van der Waals surface area (Å²) in [4.78, 5) is -0.0331. The fourth-order valence-electron chi connectivity index (χ4n) is 1.59. The minimum Gasteiger partial charge on any atom is -0.0843 e. The van der Waals surface area contributed by atoms with Crippen LogP contribution in [0.4, 0.5) is 0 Å². The molecule has 0 nitrogen and oxygen atoms in total. The van der Waals surface area contributed by atoms with Gasteiger partial charge in [0.25, 0.3) is 0 Å². The number of benzene rings is 2. The summed E-state index contributed by atoms with van der Waals surface area (Å²) in [5.41, 5.74) is 2.01. The SMILES string of the molecule is Clc1ccc(Cl)c(C(Br)c2cc(Cl)ccc2I)c1. The molecule has 0 heterocycles. The lowest BCUT2D eigenvalue weighted by molar-refractivity contribution is 1.16. The van der Waals surface area contributed by atoms with E-state index < -0.39 is 0 Å². The largest absolute Gasteiger partial charge is 0.0843 e. The van der Waals surface area contributed by atoms with Gasteiger partial charge in [0, 0.05) is 18.6 Å². The van der Waals surface area contributed by atoms with Gasteiger partial charge in [0.15, 0.2) is 0 Å². The van der Waals surface area contributed by atoms with Crippen LogP contribution in [0.3, 0.4) is 0 Å². The van der Waals surface area contributed by atoms with Crippen molar-refractivity contribution in [2.24, 2.45) is 0 Å². The van der Waals surface area contributed by atoms with E-state index in [9.17, 15) is 0 Å². The molecule has 0 spiro atoms. The molecule has 2 aromatic carbocycles. The van der Waals surface area contributed by atoms with Crippen LogP contribution in [-0.2, 0) is 0 Å². The summed E-state index contributed by atoms with van der Waals surface area (Å²) in [6.45, 7) is 0. The minimum absolute atomic E-state index is 0.0331. The molecule has 5 heteroatoms. The predicted molar refractivity (Wildman–Crippen MR) is 91.4 cm³/mol. The normalized spacial score (nSPS) is 12.5. The Hall–Kier alpha value is 0.520. The van der Waals surface area contributed by atoms with E-state index in [1.165, 1.54) is 0 Å². The molecule has 0 amide bonds. The highest BCUT2D eigenvalue weighted by Gasteiger charge is 2.17. The standard InChI is InChI=1S/C13H7BrCl3I/c14-13(9-5-7(15)1-3-11(9)17)10-6-8(16)2-4-12(10)18/h1-6,13H. The summed E-state index contributed by atoms with van der Waals surface area (Å²) in [6.07, 6.45) is 0. The zero-order valence-electron chi connectivity index (χ0n) is 8.93. The van der Waals surface area contributed by atoms with Crippen molar-refractivity contribution in [2.75, 3.05) is 0 Å². The quantitative estimate of drug-likeness (QED) is 0.333. The van der Waals surface area contributed by atoms with Gasteiger partial charge in [-0.2, -0.15) is 0 Å². The summed E-state index contributed by atoms with van der Waals surface area (Å²) >= 11 is 24.2. The zero-order chi connectivity index (χ0) is 13.3. The van der Waals surface area contributed by atoms with Gasteiger partial charge in [-0.05, 0) is 70.1 Å². The van der Waals surface area contributed by atoms with Gasteiger partial charge in [-0.25, -0.2) is 0 Å². The predicted octanol–water partition coefficient (Wildman–Crippen LogP) is 6.74. The number of rotatable bonds is 2. The Morgan fingerprint density at radius 2 is 1.44 bits per heavy atom. The van der Waals surface area contributed by atoms with E-state index in [4.69, 9.17) is 34.8 Å². The van der Waals surface area contributed by atoms with E-state index in [-0.39, 0.29) is 4.83 Å². The molecule has 0 aliphatic heterocycles. The van der Waals surface area contributed by atoms with Gasteiger partial charge in [-0.15, -0.1) is 0 Å². The number of hydrogen-bond acceptors (Lipinski definition) is 0. The summed E-state index contributed by atoms with van der Waals surface area (Å²) in [7, 11) is 0. The molecule has 1 unspecified atom stereocenters. The molecule has 0 fully saturated rings. The Labute approximate surface area is 143 Å². The molecule has 94 valence electrons. The van der Waals surface area contributed by atoms with Crippen LogP contribution in [-0.4, -0.2) is 0 Å². The van der Waals surface area contributed by atoms with Crippen LogP contribution in [0.2, 0.25) is 15.1 Å². The zero-order valence-corrected chi connectivity index (χ0v) is 14.9. The maximum absolute atomic E-state index is 6.21. The van der Waals surface area contributed by atoms with Crippen LogP contribution in [0.15, 0.2) is 36.4 Å². The second-order valence-electron chi connectivity index (χ2n) is 3.69. The van der Waals surface area contributed by atoms with Crippen molar-refractivity contribution in [3.05, 3.63) is 66.2 Å². The summed E-state index contributed by atoms with van der Waals surface area (Å²) in [5, 5.41) is 2.04. The minimum atomic E-state index is -0.0331. The molecular formula is C13H7BrCl3I. The van der Waals surface area contributed by atoms with Crippen LogP contribution >= 0.6 is 73.3 Å². The number of hydrogen-bond donors (Lipinski definition) is 0. The molecule has 1 atom stereocenters. The van der Waals surface area contributed by atoms with Crippen molar-refractivity contribution in [1.29, 1.82) is 0 Å². The van der Waals surface area contributed by atoms with Gasteiger partial charge in [0.05, 0.1) is 4.83 Å². The average Bonchev–Trinajstić information content (AvgIpc) is 2.34. The lowest BCUT2D eigenvalue weighted by Gasteiger charge is -2.15. The third kappa shape index (κ3) is 3.34. The van der Waals surface area contributed by atoms with E-state index in [1.54, 1.807) is 12.1 Å². The van der Waals surface area contributed by atoms with Gasteiger partial charge >= 0.3 is 0 Å². The Kier molecular flexibility index (Phi) is 5.23. The van der Waals surface area contributed by atoms with Crippen molar-refractivity contribution in [3.8, 4) is 0 Å². The Bertz CT molecular complexity index is 535. The monoisotopic (exact) mass is 474 g/mol. The molecule has 0 radical (unpaired) electrons. The summed E-state index contributed by atoms with van der Waals surface area (Å²) in [6, 6.07) is 11.2. The molecule has 2 rings (SSSR count). The van der Waals surface area contributed by atoms with E-state index in [0.717, 1.165) is 14.7 Å². The van der Waals surface area contributed by atoms with E-state index >= 15 is 0 Å². The van der Waals surface area contributed by atoms with Gasteiger partial charge < -0.3 is 0 Å². The third-order valence-corrected chi connectivity index (χ3v) is 5.25. The highest BCUT2D eigenvalue weighted by atomic mass is 127. The fourth-order valence-corrected chi connectivity index (χ4v) is 4.14. The number of alkyl halides is 1. The third-order valence-electron chi connectivity index (χ3n) is 2.46. The first-order valence-electron chi connectivity index (χ1n) is 5.03. The fraction of sp³-hybridized carbons (Fsp3) is 0.0769. The van der Waals surface area contributed by atoms with Crippen LogP contribution < -0.4 is 0 Å². The maximum Gasteiger partial charge on any atom is 0.0670 e. The number of halogens is 5. The van der Waals surface area contributed by atoms with E-state index in [1.807, 2.05) is 24.3 Å². The van der Waals surface area contributed by atoms with E-state index in [0.29, 0.717) is 15.1 Å². The van der Waals surface area contributed by atoms with Gasteiger partial charge in [-0.3, -0.25) is 0 Å². The van der Waals surface area contributed by atoms with Crippen LogP contribution in [0.5, 0.6) is 0 Å². The highest BCUT2D eigenvalue weighted by molar-refractivity contribution is 14.1. The highest BCUT2D eigenvalue weighted by Crippen LogP contribution is 2.39. The van der Waals surface area contributed by atoms with Crippen LogP contribution in [0.1, 0.15) is 16.0 Å². The first-order chi connectivity index (χ1) is 8.49. The van der Waals surface area contributed by atoms with Crippen molar-refractivity contribution in [3.63, 3.8) is 0 Å². The van der Waals surface area contributed by atoms with Crippen molar-refractivity contribution >= 4 is 73.3 Å². The Morgan fingerprint density at radius 1 is 0.889 bits per heavy atom. The molecule has 0 bridgehead atoms. The smallest absolute Gasteiger partial charge is 0.0670 e. The van der Waals surface area contributed by atoms with Crippen molar-refractivity contribution < 1.29 is 0 Å². The molecular weight excluding hydrogens is 469 g/mol. The van der Waals surface area contributed by atoms with Crippen molar-refractivity contribution in [2.45, 2.75) is 4.83 Å². The lowest BCUT2D eigenvalue weighted by Crippen LogP contribution is -1.97. The molecule has 0 aliphatic carbocycles. The Morgan fingerprint density at radius 3 is 2.11 bits per heavy atom. The molecule has 0 aliphatic rings. The molecule has 0 saturated heterocycles. The lowest BCUT2D eigenvalue weighted by atomic mass is 10.0. The molecule has 0 saturated carbocycles. The summed E-state index contributed by atoms with van der Waals surface area (Å²) < 4.78 is 1.12. The molecule has 0 N–H and O–H groups in total. The van der Waals surface area contributed by atoms with Gasteiger partial charge in [-0.1, -0.05) is 50.7 Å².